The first-order chi connectivity index (χ1) is 9.10. The molecular weight excluding hydrogens is 236 g/mol. The van der Waals surface area contributed by atoms with E-state index in [1.54, 1.807) is 0 Å². The monoisotopic (exact) mass is 258 g/mol. The van der Waals surface area contributed by atoms with E-state index in [0.29, 0.717) is 0 Å². The van der Waals surface area contributed by atoms with Crippen LogP contribution in [-0.4, -0.2) is 44.1 Å². The molecule has 1 aromatic carbocycles. The molecule has 0 bridgehead atoms. The number of nitrogens with zero attached hydrogens (tertiary/aromatic N) is 3. The average Bonchev–Trinajstić information content (AvgIpc) is 2.79. The van der Waals surface area contributed by atoms with Crippen molar-refractivity contribution < 1.29 is 0 Å². The number of nitrogens with one attached hydrogen (secondary N) is 1. The topological polar surface area (TPSA) is 40.0 Å². The van der Waals surface area contributed by atoms with Crippen molar-refractivity contribution in [1.82, 2.24) is 10.2 Å². The van der Waals surface area contributed by atoms with Crippen molar-refractivity contribution in [3.05, 3.63) is 35.9 Å². The quantitative estimate of drug-likeness (QED) is 0.819. The maximum Gasteiger partial charge on any atom is 0.154 e. The van der Waals surface area contributed by atoms with Crippen molar-refractivity contribution in [1.29, 1.82) is 0 Å². The van der Waals surface area contributed by atoms with Crippen molar-refractivity contribution in [2.75, 3.05) is 27.2 Å². The molecule has 1 aliphatic rings. The number of amidine groups is 1. The van der Waals surface area contributed by atoms with Gasteiger partial charge in [0.1, 0.15) is 5.84 Å². The molecule has 0 saturated carbocycles. The second-order valence-electron chi connectivity index (χ2n) is 5.25. The van der Waals surface area contributed by atoms with Gasteiger partial charge in [0.25, 0.3) is 0 Å². The largest absolute Gasteiger partial charge is 0.342 e. The van der Waals surface area contributed by atoms with Crippen LogP contribution in [0.2, 0.25) is 0 Å². The van der Waals surface area contributed by atoms with Crippen LogP contribution in [0.5, 0.6) is 0 Å². The van der Waals surface area contributed by atoms with Gasteiger partial charge < -0.3 is 10.2 Å². The highest BCUT2D eigenvalue weighted by Gasteiger charge is 2.29. The predicted octanol–water partition coefficient (Wildman–Crippen LogP) is 1.88. The normalized spacial score (nSPS) is 24.1. The molecule has 0 amide bonds. The van der Waals surface area contributed by atoms with Crippen LogP contribution in [0.3, 0.4) is 0 Å². The molecular formula is C15H22N4. The minimum atomic E-state index is -0.373. The molecule has 0 fully saturated rings. The molecule has 102 valence electrons. The molecule has 1 aromatic rings. The van der Waals surface area contributed by atoms with Gasteiger partial charge in [0.2, 0.25) is 0 Å². The van der Waals surface area contributed by atoms with Crippen LogP contribution in [0.1, 0.15) is 18.9 Å². The maximum absolute atomic E-state index is 4.56. The van der Waals surface area contributed by atoms with Gasteiger partial charge in [-0.1, -0.05) is 30.3 Å². The van der Waals surface area contributed by atoms with E-state index in [1.807, 2.05) is 24.4 Å². The van der Waals surface area contributed by atoms with Crippen molar-refractivity contribution in [2.45, 2.75) is 19.0 Å². The van der Waals surface area contributed by atoms with E-state index in [2.05, 4.69) is 53.4 Å². The first kappa shape index (κ1) is 13.7. The van der Waals surface area contributed by atoms with Gasteiger partial charge in [-0.2, -0.15) is 0 Å². The molecule has 0 spiro atoms. The molecule has 1 heterocycles. The lowest BCUT2D eigenvalue weighted by Gasteiger charge is -2.22. The van der Waals surface area contributed by atoms with Crippen LogP contribution < -0.4 is 5.32 Å². The number of rotatable bonds is 5. The molecule has 4 nitrogen and oxygen atoms in total. The van der Waals surface area contributed by atoms with Gasteiger partial charge in [-0.15, -0.1) is 0 Å². The smallest absolute Gasteiger partial charge is 0.154 e. The number of aliphatic imine (C=N–C) groups is 2. The summed E-state index contributed by atoms with van der Waals surface area (Å²) in [5, 5.41) is 3.39. The maximum atomic E-state index is 4.56. The lowest BCUT2D eigenvalue weighted by atomic mass is 10.0. The molecule has 19 heavy (non-hydrogen) atoms. The van der Waals surface area contributed by atoms with Gasteiger partial charge in [0, 0.05) is 6.54 Å². The molecule has 2 rings (SSSR count). The van der Waals surface area contributed by atoms with Gasteiger partial charge in [-0.3, -0.25) is 9.98 Å². The number of hydrogen-bond acceptors (Lipinski definition) is 3. The van der Waals surface area contributed by atoms with Crippen molar-refractivity contribution in [2.24, 2.45) is 9.98 Å². The minimum Gasteiger partial charge on any atom is -0.342 e. The highest BCUT2D eigenvalue weighted by atomic mass is 15.2. The van der Waals surface area contributed by atoms with E-state index >= 15 is 0 Å². The molecule has 1 aliphatic heterocycles. The molecule has 0 aromatic heterocycles. The molecule has 1 atom stereocenters. The van der Waals surface area contributed by atoms with E-state index in [1.165, 1.54) is 0 Å². The fourth-order valence-corrected chi connectivity index (χ4v) is 2.08. The standard InChI is InChI=1S/C15H22N4/c1-15(13-8-5-4-6-9-13)17-12-14(18-15)16-10-7-11-19(2)3/h4-6,8-9,12H,7,10-11H2,1-3H3,(H,16,18). The Morgan fingerprint density at radius 3 is 2.68 bits per heavy atom. The Morgan fingerprint density at radius 1 is 1.26 bits per heavy atom. The van der Waals surface area contributed by atoms with E-state index < -0.39 is 0 Å². The molecule has 0 aliphatic carbocycles. The van der Waals surface area contributed by atoms with Crippen LogP contribution in [0.4, 0.5) is 0 Å². The highest BCUT2D eigenvalue weighted by molar-refractivity contribution is 6.31. The fourth-order valence-electron chi connectivity index (χ4n) is 2.08. The predicted molar refractivity (Wildman–Crippen MR) is 80.9 cm³/mol. The lowest BCUT2D eigenvalue weighted by molar-refractivity contribution is 0.403. The van der Waals surface area contributed by atoms with Gasteiger partial charge in [-0.05, 0) is 39.5 Å². The molecule has 0 saturated heterocycles. The molecule has 1 unspecified atom stereocenters. The Morgan fingerprint density at radius 2 is 2.00 bits per heavy atom. The third kappa shape index (κ3) is 3.64. The summed E-state index contributed by atoms with van der Waals surface area (Å²) in [6.07, 6.45) is 2.90. The summed E-state index contributed by atoms with van der Waals surface area (Å²) >= 11 is 0. The number of hydrogen-bond donors (Lipinski definition) is 1. The summed E-state index contributed by atoms with van der Waals surface area (Å²) in [5.74, 6) is 0.880. The summed E-state index contributed by atoms with van der Waals surface area (Å²) < 4.78 is 0. The molecule has 0 radical (unpaired) electrons. The van der Waals surface area contributed by atoms with Crippen molar-refractivity contribution in [3.63, 3.8) is 0 Å². The first-order valence-corrected chi connectivity index (χ1v) is 6.68. The molecule has 4 heteroatoms. The van der Waals surface area contributed by atoms with Crippen LogP contribution in [-0.2, 0) is 5.66 Å². The molecule has 1 N–H and O–H groups in total. The van der Waals surface area contributed by atoms with Crippen LogP contribution in [0.15, 0.2) is 40.3 Å². The summed E-state index contributed by atoms with van der Waals surface area (Å²) in [7, 11) is 4.16. The van der Waals surface area contributed by atoms with E-state index in [9.17, 15) is 0 Å². The zero-order chi connectivity index (χ0) is 13.7. The third-order valence-corrected chi connectivity index (χ3v) is 3.20. The van der Waals surface area contributed by atoms with Gasteiger partial charge in [0.15, 0.2) is 5.66 Å². The summed E-state index contributed by atoms with van der Waals surface area (Å²) in [4.78, 5) is 11.3. The van der Waals surface area contributed by atoms with Gasteiger partial charge >= 0.3 is 0 Å². The Hall–Kier alpha value is -1.68. The van der Waals surface area contributed by atoms with Gasteiger partial charge in [0.05, 0.1) is 6.21 Å². The van der Waals surface area contributed by atoms with Crippen molar-refractivity contribution >= 4 is 12.1 Å². The Kier molecular flexibility index (Phi) is 4.32. The highest BCUT2D eigenvalue weighted by Crippen LogP contribution is 2.24. The van der Waals surface area contributed by atoms with Crippen LogP contribution >= 0.6 is 0 Å². The Bertz CT molecular complexity index is 464. The van der Waals surface area contributed by atoms with Crippen molar-refractivity contribution in [3.8, 4) is 0 Å². The second kappa shape index (κ2) is 5.97. The number of benzene rings is 1. The van der Waals surface area contributed by atoms with E-state index in [-0.39, 0.29) is 5.66 Å². The van der Waals surface area contributed by atoms with Crippen LogP contribution in [0, 0.1) is 0 Å². The third-order valence-electron chi connectivity index (χ3n) is 3.20. The summed E-state index contributed by atoms with van der Waals surface area (Å²) in [6.45, 7) is 3.96. The zero-order valence-electron chi connectivity index (χ0n) is 11.9. The first-order valence-electron chi connectivity index (χ1n) is 6.68. The van der Waals surface area contributed by atoms with E-state index in [4.69, 9.17) is 0 Å². The van der Waals surface area contributed by atoms with Crippen LogP contribution in [0.25, 0.3) is 0 Å². The average molecular weight is 258 g/mol. The SMILES string of the molecule is CN(C)CCCN=C1C=NC(C)(c2ccccc2)N1. The zero-order valence-corrected chi connectivity index (χ0v) is 11.9. The lowest BCUT2D eigenvalue weighted by Crippen LogP contribution is -2.36. The summed E-state index contributed by atoms with van der Waals surface area (Å²) in [6, 6.07) is 10.2. The Labute approximate surface area is 115 Å². The fraction of sp³-hybridized carbons (Fsp3) is 0.467. The second-order valence-corrected chi connectivity index (χ2v) is 5.25. The van der Waals surface area contributed by atoms with E-state index in [0.717, 1.165) is 30.9 Å². The van der Waals surface area contributed by atoms with Gasteiger partial charge in [-0.25, -0.2) is 0 Å². The summed E-state index contributed by atoms with van der Waals surface area (Å²) in [5.41, 5.74) is 0.784. The Balaban J connectivity index is 1.93. The minimum absolute atomic E-state index is 0.373.